The number of carbonyl (C=O) groups is 2. The molecule has 2 aromatic carbocycles. The molecule has 0 aliphatic carbocycles. The topological polar surface area (TPSA) is 101 Å². The van der Waals surface area contributed by atoms with Crippen LogP contribution in [-0.4, -0.2) is 16.7 Å². The smallest absolute Gasteiger partial charge is 0.270 e. The van der Waals surface area contributed by atoms with Gasteiger partial charge in [-0.1, -0.05) is 37.3 Å². The number of nitrogens with one attached hydrogen (secondary N) is 2. The summed E-state index contributed by atoms with van der Waals surface area (Å²) in [5, 5.41) is 10.7. The number of nitrogens with zero attached hydrogens (tertiary/aromatic N) is 1. The quantitative estimate of drug-likeness (QED) is 0.623. The molecule has 0 saturated heterocycles. The normalized spacial score (nSPS) is 10.1. The molecule has 7 nitrogen and oxygen atoms in total. The van der Waals surface area contributed by atoms with Gasteiger partial charge in [-0.2, -0.15) is 0 Å². The number of carbonyl (C=O) groups excluding carboxylic acids is 2. The van der Waals surface area contributed by atoms with Crippen LogP contribution in [0.15, 0.2) is 48.5 Å². The van der Waals surface area contributed by atoms with Gasteiger partial charge >= 0.3 is 0 Å². The highest BCUT2D eigenvalue weighted by atomic mass is 16.6. The fraction of sp³-hybridized carbons (Fsp3) is 0.222. The number of hydrogen-bond acceptors (Lipinski definition) is 4. The molecule has 0 atom stereocenters. The average Bonchev–Trinajstić information content (AvgIpc) is 2.64. The molecule has 7 heteroatoms. The standard InChI is InChI=1S/C18H19N3O4/c1-2-13-6-8-14(9-7-13)10-11-17(22)19-20-18(23)15-4-3-5-16(12-15)21(24)25/h3-9,12H,2,10-11H2,1H3,(H,19,22)(H,20,23). The van der Waals surface area contributed by atoms with Crippen LogP contribution in [0.4, 0.5) is 5.69 Å². The summed E-state index contributed by atoms with van der Waals surface area (Å²) in [6, 6.07) is 13.3. The van der Waals surface area contributed by atoms with Crippen molar-refractivity contribution in [2.75, 3.05) is 0 Å². The van der Waals surface area contributed by atoms with Crippen molar-refractivity contribution >= 4 is 17.5 Å². The molecule has 0 heterocycles. The lowest BCUT2D eigenvalue weighted by atomic mass is 10.1. The molecule has 0 saturated carbocycles. The van der Waals surface area contributed by atoms with E-state index in [2.05, 4.69) is 17.8 Å². The summed E-state index contributed by atoms with van der Waals surface area (Å²) in [7, 11) is 0. The van der Waals surface area contributed by atoms with Gasteiger partial charge in [0.25, 0.3) is 11.6 Å². The summed E-state index contributed by atoms with van der Waals surface area (Å²) in [5.41, 5.74) is 6.76. The van der Waals surface area contributed by atoms with Crippen molar-refractivity contribution in [3.63, 3.8) is 0 Å². The lowest BCUT2D eigenvalue weighted by molar-refractivity contribution is -0.384. The summed E-state index contributed by atoms with van der Waals surface area (Å²) in [4.78, 5) is 33.9. The van der Waals surface area contributed by atoms with Gasteiger partial charge in [-0.25, -0.2) is 0 Å². The van der Waals surface area contributed by atoms with Gasteiger partial charge in [-0.3, -0.25) is 30.6 Å². The Morgan fingerprint density at radius 3 is 2.36 bits per heavy atom. The summed E-state index contributed by atoms with van der Waals surface area (Å²) in [6.45, 7) is 2.08. The van der Waals surface area contributed by atoms with E-state index >= 15 is 0 Å². The minimum atomic E-state index is -0.607. The van der Waals surface area contributed by atoms with E-state index in [0.29, 0.717) is 6.42 Å². The number of nitro benzene ring substituents is 1. The Labute approximate surface area is 145 Å². The van der Waals surface area contributed by atoms with Crippen LogP contribution in [-0.2, 0) is 17.6 Å². The van der Waals surface area contributed by atoms with Crippen LogP contribution >= 0.6 is 0 Å². The molecule has 0 unspecified atom stereocenters. The van der Waals surface area contributed by atoms with E-state index in [-0.39, 0.29) is 23.6 Å². The Morgan fingerprint density at radius 2 is 1.72 bits per heavy atom. The zero-order valence-electron chi connectivity index (χ0n) is 13.8. The Kier molecular flexibility index (Phi) is 6.22. The van der Waals surface area contributed by atoms with Crippen molar-refractivity contribution < 1.29 is 14.5 Å². The predicted molar refractivity (Wildman–Crippen MR) is 92.8 cm³/mol. The first kappa shape index (κ1) is 18.1. The minimum absolute atomic E-state index is 0.102. The van der Waals surface area contributed by atoms with Gasteiger partial charge < -0.3 is 0 Å². The molecule has 2 rings (SSSR count). The summed E-state index contributed by atoms with van der Waals surface area (Å²) < 4.78 is 0. The minimum Gasteiger partial charge on any atom is -0.273 e. The second-order valence-corrected chi connectivity index (χ2v) is 5.48. The molecule has 0 aromatic heterocycles. The first-order chi connectivity index (χ1) is 12.0. The Hall–Kier alpha value is -3.22. The van der Waals surface area contributed by atoms with E-state index in [1.165, 1.54) is 23.8 Å². The number of nitro groups is 1. The second kappa shape index (κ2) is 8.58. The largest absolute Gasteiger partial charge is 0.273 e. The zero-order chi connectivity index (χ0) is 18.2. The molecule has 2 aromatic rings. The summed E-state index contributed by atoms with van der Waals surface area (Å²) >= 11 is 0. The zero-order valence-corrected chi connectivity index (χ0v) is 13.8. The Balaban J connectivity index is 1.81. The van der Waals surface area contributed by atoms with Gasteiger partial charge in [-0.15, -0.1) is 0 Å². The van der Waals surface area contributed by atoms with Crippen LogP contribution in [0.1, 0.15) is 34.8 Å². The third-order valence-electron chi connectivity index (χ3n) is 3.71. The fourth-order valence-corrected chi connectivity index (χ4v) is 2.22. The van der Waals surface area contributed by atoms with E-state index < -0.39 is 10.8 Å². The van der Waals surface area contributed by atoms with Crippen molar-refractivity contribution in [3.8, 4) is 0 Å². The third kappa shape index (κ3) is 5.42. The predicted octanol–water partition coefficient (Wildman–Crippen LogP) is 2.55. The van der Waals surface area contributed by atoms with Crippen LogP contribution in [0.3, 0.4) is 0 Å². The van der Waals surface area contributed by atoms with Crippen molar-refractivity contribution in [2.45, 2.75) is 26.2 Å². The van der Waals surface area contributed by atoms with Gasteiger partial charge in [0, 0.05) is 24.1 Å². The number of rotatable bonds is 6. The molecule has 2 amide bonds. The first-order valence-electron chi connectivity index (χ1n) is 7.91. The van der Waals surface area contributed by atoms with E-state index in [1.807, 2.05) is 24.3 Å². The highest BCUT2D eigenvalue weighted by Gasteiger charge is 2.12. The third-order valence-corrected chi connectivity index (χ3v) is 3.71. The van der Waals surface area contributed by atoms with E-state index in [1.54, 1.807) is 0 Å². The number of non-ortho nitro benzene ring substituents is 1. The molecule has 130 valence electrons. The lowest BCUT2D eigenvalue weighted by Gasteiger charge is -2.08. The monoisotopic (exact) mass is 341 g/mol. The van der Waals surface area contributed by atoms with Crippen LogP contribution in [0, 0.1) is 10.1 Å². The second-order valence-electron chi connectivity index (χ2n) is 5.48. The molecule has 0 radical (unpaired) electrons. The molecule has 0 spiro atoms. The van der Waals surface area contributed by atoms with Crippen LogP contribution < -0.4 is 10.9 Å². The number of hydrazine groups is 1. The number of amides is 2. The number of benzene rings is 2. The van der Waals surface area contributed by atoms with E-state index in [4.69, 9.17) is 0 Å². The van der Waals surface area contributed by atoms with Crippen LogP contribution in [0.25, 0.3) is 0 Å². The van der Waals surface area contributed by atoms with Crippen LogP contribution in [0.5, 0.6) is 0 Å². The van der Waals surface area contributed by atoms with Gasteiger partial charge in [0.1, 0.15) is 0 Å². The van der Waals surface area contributed by atoms with Gasteiger partial charge in [0.2, 0.25) is 5.91 Å². The molecule has 2 N–H and O–H groups in total. The maximum Gasteiger partial charge on any atom is 0.270 e. The van der Waals surface area contributed by atoms with E-state index in [9.17, 15) is 19.7 Å². The Morgan fingerprint density at radius 1 is 1.04 bits per heavy atom. The highest BCUT2D eigenvalue weighted by molar-refractivity contribution is 5.95. The molecule has 0 aliphatic heterocycles. The molecule has 0 fully saturated rings. The van der Waals surface area contributed by atoms with Crippen LogP contribution in [0.2, 0.25) is 0 Å². The van der Waals surface area contributed by atoms with E-state index in [0.717, 1.165) is 18.1 Å². The maximum absolute atomic E-state index is 11.9. The van der Waals surface area contributed by atoms with Crippen molar-refractivity contribution in [2.24, 2.45) is 0 Å². The SMILES string of the molecule is CCc1ccc(CCC(=O)NNC(=O)c2cccc([N+](=O)[O-])c2)cc1. The van der Waals surface area contributed by atoms with Crippen molar-refractivity contribution in [3.05, 3.63) is 75.3 Å². The van der Waals surface area contributed by atoms with Crippen molar-refractivity contribution in [1.82, 2.24) is 10.9 Å². The molecular weight excluding hydrogens is 322 g/mol. The average molecular weight is 341 g/mol. The number of aryl methyl sites for hydroxylation is 2. The number of hydrogen-bond donors (Lipinski definition) is 2. The lowest BCUT2D eigenvalue weighted by Crippen LogP contribution is -2.41. The Bertz CT molecular complexity index is 772. The van der Waals surface area contributed by atoms with Gasteiger partial charge in [0.15, 0.2) is 0 Å². The molecular formula is C18H19N3O4. The van der Waals surface area contributed by atoms with Gasteiger partial charge in [-0.05, 0) is 30.0 Å². The van der Waals surface area contributed by atoms with Crippen molar-refractivity contribution in [1.29, 1.82) is 0 Å². The maximum atomic E-state index is 11.9. The summed E-state index contributed by atoms with van der Waals surface area (Å²) in [6.07, 6.45) is 1.74. The fourth-order valence-electron chi connectivity index (χ4n) is 2.22. The highest BCUT2D eigenvalue weighted by Crippen LogP contribution is 2.12. The first-order valence-corrected chi connectivity index (χ1v) is 7.91. The molecule has 0 bridgehead atoms. The molecule has 25 heavy (non-hydrogen) atoms. The summed E-state index contributed by atoms with van der Waals surface area (Å²) in [5.74, 6) is -0.942. The molecule has 0 aliphatic rings. The van der Waals surface area contributed by atoms with Gasteiger partial charge in [0.05, 0.1) is 4.92 Å².